The van der Waals surface area contributed by atoms with E-state index >= 15 is 0 Å². The van der Waals surface area contributed by atoms with Crippen molar-refractivity contribution in [1.82, 2.24) is 9.78 Å². The van der Waals surface area contributed by atoms with Gasteiger partial charge in [0.2, 0.25) is 0 Å². The number of hydrogen-bond acceptors (Lipinski definition) is 4. The van der Waals surface area contributed by atoms with Gasteiger partial charge in [-0.25, -0.2) is 0 Å². The number of nitrogens with zero attached hydrogens (tertiary/aromatic N) is 2. The first-order valence-electron chi connectivity index (χ1n) is 9.27. The molecule has 1 unspecified atom stereocenters. The smallest absolute Gasteiger partial charge is 0.311 e. The molecule has 0 aliphatic carbocycles. The Labute approximate surface area is 160 Å². The average Bonchev–Trinajstić information content (AvgIpc) is 2.83. The van der Waals surface area contributed by atoms with Crippen molar-refractivity contribution in [3.8, 4) is 0 Å². The number of aryl methyl sites for hydroxylation is 2. The number of carbonyl (C=O) groups is 2. The molecular formula is C21H29N3O3. The van der Waals surface area contributed by atoms with Crippen LogP contribution >= 0.6 is 0 Å². The molecule has 0 bridgehead atoms. The maximum absolute atomic E-state index is 12.3. The zero-order valence-electron chi connectivity index (χ0n) is 17.0. The first-order chi connectivity index (χ1) is 12.7. The summed E-state index contributed by atoms with van der Waals surface area (Å²) in [7, 11) is 0. The summed E-state index contributed by atoms with van der Waals surface area (Å²) in [6, 6.07) is 7.47. The van der Waals surface area contributed by atoms with Gasteiger partial charge in [-0.15, -0.1) is 0 Å². The summed E-state index contributed by atoms with van der Waals surface area (Å²) in [5, 5.41) is 7.31. The monoisotopic (exact) mass is 371 g/mol. The number of carbonyl (C=O) groups excluding carboxylic acids is 2. The van der Waals surface area contributed by atoms with E-state index in [0.717, 1.165) is 29.1 Å². The van der Waals surface area contributed by atoms with Gasteiger partial charge in [0, 0.05) is 23.5 Å². The Morgan fingerprint density at radius 3 is 2.44 bits per heavy atom. The quantitative estimate of drug-likeness (QED) is 0.755. The van der Waals surface area contributed by atoms with Gasteiger partial charge in [0.25, 0.3) is 5.91 Å². The number of amides is 1. The molecule has 0 spiro atoms. The Hall–Kier alpha value is -2.63. The van der Waals surface area contributed by atoms with Gasteiger partial charge in [-0.3, -0.25) is 14.3 Å². The van der Waals surface area contributed by atoms with Gasteiger partial charge < -0.3 is 10.1 Å². The minimum absolute atomic E-state index is 0.109. The second kappa shape index (κ2) is 8.84. The Morgan fingerprint density at radius 1 is 1.15 bits per heavy atom. The lowest BCUT2D eigenvalue weighted by Crippen LogP contribution is -2.30. The molecule has 1 N–H and O–H groups in total. The Balaban J connectivity index is 1.98. The topological polar surface area (TPSA) is 73.2 Å². The number of ether oxygens (including phenoxy) is 1. The molecular weight excluding hydrogens is 342 g/mol. The number of esters is 1. The molecule has 2 aromatic rings. The summed E-state index contributed by atoms with van der Waals surface area (Å²) in [6.07, 6.45) is -0.763. The molecule has 0 fully saturated rings. The third-order valence-electron chi connectivity index (χ3n) is 4.47. The van der Waals surface area contributed by atoms with E-state index in [1.165, 1.54) is 0 Å². The molecule has 1 aromatic carbocycles. The van der Waals surface area contributed by atoms with Gasteiger partial charge in [0.15, 0.2) is 6.10 Å². The fourth-order valence-corrected chi connectivity index (χ4v) is 2.90. The predicted molar refractivity (Wildman–Crippen MR) is 106 cm³/mol. The fraction of sp³-hybridized carbons (Fsp3) is 0.476. The van der Waals surface area contributed by atoms with Crippen LogP contribution in [-0.2, 0) is 27.3 Å². The summed E-state index contributed by atoms with van der Waals surface area (Å²) in [6.45, 7) is 12.4. The maximum atomic E-state index is 12.3. The van der Waals surface area contributed by atoms with E-state index in [-0.39, 0.29) is 12.3 Å². The third kappa shape index (κ3) is 5.42. The summed E-state index contributed by atoms with van der Waals surface area (Å²) >= 11 is 0. The molecule has 1 amide bonds. The van der Waals surface area contributed by atoms with Crippen LogP contribution in [0.3, 0.4) is 0 Å². The number of anilines is 1. The Bertz CT molecular complexity index is 824. The van der Waals surface area contributed by atoms with Gasteiger partial charge in [0.1, 0.15) is 0 Å². The number of nitrogens with one attached hydrogen (secondary N) is 1. The van der Waals surface area contributed by atoms with Crippen LogP contribution in [0.1, 0.15) is 43.3 Å². The molecule has 0 saturated heterocycles. The van der Waals surface area contributed by atoms with E-state index in [1.54, 1.807) is 6.92 Å². The zero-order chi connectivity index (χ0) is 20.1. The van der Waals surface area contributed by atoms with Crippen molar-refractivity contribution in [2.24, 2.45) is 5.92 Å². The van der Waals surface area contributed by atoms with E-state index in [1.807, 2.05) is 49.7 Å². The lowest BCUT2D eigenvalue weighted by molar-refractivity contribution is -0.152. The van der Waals surface area contributed by atoms with Crippen molar-refractivity contribution in [3.63, 3.8) is 0 Å². The molecule has 0 saturated carbocycles. The van der Waals surface area contributed by atoms with E-state index in [9.17, 15) is 9.59 Å². The summed E-state index contributed by atoms with van der Waals surface area (Å²) in [5.41, 5.74) is 4.32. The second-order valence-corrected chi connectivity index (χ2v) is 7.34. The maximum Gasteiger partial charge on any atom is 0.311 e. The normalized spacial score (nSPS) is 12.1. The van der Waals surface area contributed by atoms with Gasteiger partial charge in [-0.1, -0.05) is 32.0 Å². The standard InChI is InChI=1S/C21H29N3O3/c1-13(2)12-24-16(5)18(15(4)23-24)11-20(25)27-17(6)21(26)22-19-10-8-7-9-14(19)3/h7-10,13,17H,11-12H2,1-6H3,(H,22,26). The molecule has 6 heteroatoms. The molecule has 1 aromatic heterocycles. The highest BCUT2D eigenvalue weighted by Crippen LogP contribution is 2.17. The van der Waals surface area contributed by atoms with Crippen LogP contribution in [0.25, 0.3) is 0 Å². The molecule has 2 rings (SSSR count). The molecule has 0 aliphatic rings. The van der Waals surface area contributed by atoms with Crippen molar-refractivity contribution >= 4 is 17.6 Å². The average molecular weight is 371 g/mol. The van der Waals surface area contributed by atoms with E-state index in [4.69, 9.17) is 4.74 Å². The first kappa shape index (κ1) is 20.7. The van der Waals surface area contributed by atoms with Crippen LogP contribution < -0.4 is 5.32 Å². The van der Waals surface area contributed by atoms with Gasteiger partial charge >= 0.3 is 5.97 Å². The highest BCUT2D eigenvalue weighted by molar-refractivity contribution is 5.95. The highest BCUT2D eigenvalue weighted by atomic mass is 16.5. The van der Waals surface area contributed by atoms with Gasteiger partial charge in [-0.05, 0) is 45.2 Å². The Morgan fingerprint density at radius 2 is 1.81 bits per heavy atom. The SMILES string of the molecule is Cc1ccccc1NC(=O)C(C)OC(=O)Cc1c(C)nn(CC(C)C)c1C. The van der Waals surface area contributed by atoms with Crippen molar-refractivity contribution in [3.05, 3.63) is 46.8 Å². The number of rotatable bonds is 7. The number of aromatic nitrogens is 2. The van der Waals surface area contributed by atoms with Crippen molar-refractivity contribution in [2.45, 2.75) is 60.6 Å². The van der Waals surface area contributed by atoms with E-state index in [0.29, 0.717) is 11.6 Å². The molecule has 0 radical (unpaired) electrons. The number of para-hydroxylation sites is 1. The number of benzene rings is 1. The minimum Gasteiger partial charge on any atom is -0.452 e. The van der Waals surface area contributed by atoms with Crippen molar-refractivity contribution < 1.29 is 14.3 Å². The Kier molecular flexibility index (Phi) is 6.77. The van der Waals surface area contributed by atoms with Crippen LogP contribution in [-0.4, -0.2) is 27.8 Å². The lowest BCUT2D eigenvalue weighted by Gasteiger charge is -2.15. The van der Waals surface area contributed by atoms with Crippen molar-refractivity contribution in [2.75, 3.05) is 5.32 Å². The predicted octanol–water partition coefficient (Wildman–Crippen LogP) is 3.58. The fourth-order valence-electron chi connectivity index (χ4n) is 2.90. The molecule has 6 nitrogen and oxygen atoms in total. The van der Waals surface area contributed by atoms with Crippen LogP contribution in [0.15, 0.2) is 24.3 Å². The summed E-state index contributed by atoms with van der Waals surface area (Å²) in [4.78, 5) is 24.7. The summed E-state index contributed by atoms with van der Waals surface area (Å²) in [5.74, 6) is -0.313. The summed E-state index contributed by atoms with van der Waals surface area (Å²) < 4.78 is 7.27. The highest BCUT2D eigenvalue weighted by Gasteiger charge is 2.21. The molecule has 146 valence electrons. The van der Waals surface area contributed by atoms with Crippen LogP contribution in [0.5, 0.6) is 0 Å². The number of hydrogen-bond donors (Lipinski definition) is 1. The zero-order valence-corrected chi connectivity index (χ0v) is 17.0. The van der Waals surface area contributed by atoms with Crippen molar-refractivity contribution in [1.29, 1.82) is 0 Å². The second-order valence-electron chi connectivity index (χ2n) is 7.34. The molecule has 27 heavy (non-hydrogen) atoms. The van der Waals surface area contributed by atoms with Gasteiger partial charge in [-0.2, -0.15) is 5.10 Å². The minimum atomic E-state index is -0.872. The van der Waals surface area contributed by atoms with Gasteiger partial charge in [0.05, 0.1) is 12.1 Å². The largest absolute Gasteiger partial charge is 0.452 e. The van der Waals surface area contributed by atoms with Crippen LogP contribution in [0, 0.1) is 26.7 Å². The van der Waals surface area contributed by atoms with Crippen LogP contribution in [0.4, 0.5) is 5.69 Å². The lowest BCUT2D eigenvalue weighted by atomic mass is 10.1. The van der Waals surface area contributed by atoms with E-state index < -0.39 is 12.1 Å². The first-order valence-corrected chi connectivity index (χ1v) is 9.27. The molecule has 1 atom stereocenters. The third-order valence-corrected chi connectivity index (χ3v) is 4.47. The van der Waals surface area contributed by atoms with E-state index in [2.05, 4.69) is 24.3 Å². The molecule has 1 heterocycles. The van der Waals surface area contributed by atoms with Crippen LogP contribution in [0.2, 0.25) is 0 Å². The molecule has 0 aliphatic heterocycles.